The molecule has 0 fully saturated rings. The van der Waals surface area contributed by atoms with Crippen molar-refractivity contribution in [3.8, 4) is 0 Å². The van der Waals surface area contributed by atoms with Crippen molar-refractivity contribution in [2.75, 3.05) is 17.4 Å². The van der Waals surface area contributed by atoms with Gasteiger partial charge in [-0.1, -0.05) is 72.3 Å². The van der Waals surface area contributed by atoms with E-state index in [9.17, 15) is 18.0 Å². The molecule has 230 valence electrons. The Morgan fingerprint density at radius 2 is 1.48 bits per heavy atom. The number of nitrogens with zero attached hydrogens (tertiary/aromatic N) is 2. The first kappa shape index (κ1) is 32.8. The standard InChI is InChI=1S/C35H38ClN3O4S/c1-5-37-35(41)33(22-28-12-7-6-8-13-28)38(23-29-14-10-9-11-26(29)3)34(40)24-39(31-18-15-25(2)27(4)21-31)44(42,43)32-19-16-30(36)17-20-32/h6-21,33H,5,22-24H2,1-4H3,(H,37,41)/t33-/m1/s1. The molecule has 0 aromatic heterocycles. The molecule has 0 aliphatic carbocycles. The smallest absolute Gasteiger partial charge is 0.264 e. The predicted molar refractivity (Wildman–Crippen MR) is 176 cm³/mol. The van der Waals surface area contributed by atoms with Gasteiger partial charge in [0.15, 0.2) is 0 Å². The lowest BCUT2D eigenvalue weighted by Gasteiger charge is -2.34. The number of benzene rings is 4. The number of hydrogen-bond acceptors (Lipinski definition) is 4. The van der Waals surface area contributed by atoms with Crippen molar-refractivity contribution in [1.29, 1.82) is 0 Å². The van der Waals surface area contributed by atoms with Crippen LogP contribution in [0.15, 0.2) is 102 Å². The fourth-order valence-electron chi connectivity index (χ4n) is 4.96. The molecule has 0 heterocycles. The van der Waals surface area contributed by atoms with Gasteiger partial charge in [0.05, 0.1) is 10.6 Å². The first-order chi connectivity index (χ1) is 21.0. The summed E-state index contributed by atoms with van der Waals surface area (Å²) in [6.45, 7) is 7.60. The van der Waals surface area contributed by atoms with Crippen LogP contribution in [0.25, 0.3) is 0 Å². The summed E-state index contributed by atoms with van der Waals surface area (Å²) in [5, 5.41) is 3.28. The molecule has 9 heteroatoms. The van der Waals surface area contributed by atoms with Crippen LogP contribution in [0.3, 0.4) is 0 Å². The van der Waals surface area contributed by atoms with Crippen molar-refractivity contribution in [2.24, 2.45) is 0 Å². The number of nitrogens with one attached hydrogen (secondary N) is 1. The SMILES string of the molecule is CCNC(=O)[C@@H](Cc1ccccc1)N(Cc1ccccc1C)C(=O)CN(c1ccc(C)c(C)c1)S(=O)(=O)c1ccc(Cl)cc1. The minimum atomic E-state index is -4.20. The Kier molecular flexibility index (Phi) is 10.8. The Labute approximate surface area is 265 Å². The van der Waals surface area contributed by atoms with Gasteiger partial charge in [-0.05, 0) is 91.9 Å². The highest BCUT2D eigenvalue weighted by Crippen LogP contribution is 2.28. The topological polar surface area (TPSA) is 86.8 Å². The average molecular weight is 632 g/mol. The summed E-state index contributed by atoms with van der Waals surface area (Å²) in [7, 11) is -4.20. The van der Waals surface area contributed by atoms with Gasteiger partial charge < -0.3 is 10.2 Å². The average Bonchev–Trinajstić information content (AvgIpc) is 3.00. The monoisotopic (exact) mass is 631 g/mol. The molecule has 0 aliphatic heterocycles. The zero-order valence-electron chi connectivity index (χ0n) is 25.5. The Bertz CT molecular complexity index is 1710. The highest BCUT2D eigenvalue weighted by molar-refractivity contribution is 7.92. The molecule has 44 heavy (non-hydrogen) atoms. The van der Waals surface area contributed by atoms with Crippen LogP contribution in [0.1, 0.15) is 34.7 Å². The van der Waals surface area contributed by atoms with Crippen LogP contribution in [-0.4, -0.2) is 44.3 Å². The Balaban J connectivity index is 1.82. The van der Waals surface area contributed by atoms with E-state index < -0.39 is 28.5 Å². The minimum absolute atomic E-state index is 0.00273. The van der Waals surface area contributed by atoms with Crippen molar-refractivity contribution >= 4 is 39.1 Å². The van der Waals surface area contributed by atoms with E-state index in [0.29, 0.717) is 17.3 Å². The molecule has 0 spiro atoms. The summed E-state index contributed by atoms with van der Waals surface area (Å²) in [6.07, 6.45) is 0.262. The molecule has 0 saturated carbocycles. The van der Waals surface area contributed by atoms with E-state index >= 15 is 0 Å². The van der Waals surface area contributed by atoms with Gasteiger partial charge in [0.25, 0.3) is 10.0 Å². The molecule has 0 unspecified atom stereocenters. The van der Waals surface area contributed by atoms with E-state index in [-0.39, 0.29) is 23.8 Å². The van der Waals surface area contributed by atoms with Gasteiger partial charge in [0.1, 0.15) is 12.6 Å². The molecule has 2 amide bonds. The quantitative estimate of drug-likeness (QED) is 0.201. The predicted octanol–water partition coefficient (Wildman–Crippen LogP) is 6.24. The largest absolute Gasteiger partial charge is 0.355 e. The van der Waals surface area contributed by atoms with Crippen molar-refractivity contribution in [1.82, 2.24) is 10.2 Å². The molecule has 0 bridgehead atoms. The number of halogens is 1. The van der Waals surface area contributed by atoms with Crippen LogP contribution < -0.4 is 9.62 Å². The fraction of sp³-hybridized carbons (Fsp3) is 0.257. The maximum atomic E-state index is 14.5. The number of rotatable bonds is 12. The zero-order valence-corrected chi connectivity index (χ0v) is 27.0. The van der Waals surface area contributed by atoms with E-state index in [2.05, 4.69) is 5.32 Å². The zero-order chi connectivity index (χ0) is 31.9. The lowest BCUT2D eigenvalue weighted by molar-refractivity contribution is -0.140. The first-order valence-corrected chi connectivity index (χ1v) is 16.3. The van der Waals surface area contributed by atoms with Gasteiger partial charge in [-0.15, -0.1) is 0 Å². The summed E-state index contributed by atoms with van der Waals surface area (Å²) in [4.78, 5) is 29.6. The highest BCUT2D eigenvalue weighted by Gasteiger charge is 2.34. The minimum Gasteiger partial charge on any atom is -0.355 e. The summed E-state index contributed by atoms with van der Waals surface area (Å²) in [5.41, 5.74) is 4.92. The molecule has 0 radical (unpaired) electrons. The molecule has 1 atom stereocenters. The molecule has 4 aromatic carbocycles. The van der Waals surface area contributed by atoms with Crippen molar-refractivity contribution < 1.29 is 18.0 Å². The Hall–Kier alpha value is -4.14. The number of likely N-dealkylation sites (N-methyl/N-ethyl adjacent to an activating group) is 1. The van der Waals surface area contributed by atoms with E-state index in [4.69, 9.17) is 11.6 Å². The second-order valence-corrected chi connectivity index (χ2v) is 13.1. The van der Waals surface area contributed by atoms with Crippen LogP contribution >= 0.6 is 11.6 Å². The van der Waals surface area contributed by atoms with E-state index in [1.807, 2.05) is 88.4 Å². The van der Waals surface area contributed by atoms with E-state index in [0.717, 1.165) is 32.1 Å². The molecule has 1 N–H and O–H groups in total. The molecule has 4 aromatic rings. The highest BCUT2D eigenvalue weighted by atomic mass is 35.5. The van der Waals surface area contributed by atoms with Gasteiger partial charge in [0, 0.05) is 24.5 Å². The third-order valence-corrected chi connectivity index (χ3v) is 9.72. The van der Waals surface area contributed by atoms with Crippen LogP contribution in [0.5, 0.6) is 0 Å². The van der Waals surface area contributed by atoms with Gasteiger partial charge in [0.2, 0.25) is 11.8 Å². The van der Waals surface area contributed by atoms with Crippen molar-refractivity contribution in [3.63, 3.8) is 0 Å². The lowest BCUT2D eigenvalue weighted by Crippen LogP contribution is -2.53. The third-order valence-electron chi connectivity index (χ3n) is 7.68. The second kappa shape index (κ2) is 14.6. The molecular weight excluding hydrogens is 594 g/mol. The fourth-order valence-corrected chi connectivity index (χ4v) is 6.49. The third kappa shape index (κ3) is 7.87. The molecule has 0 aliphatic rings. The van der Waals surface area contributed by atoms with E-state index in [1.165, 1.54) is 29.2 Å². The number of sulfonamides is 1. The van der Waals surface area contributed by atoms with Crippen molar-refractivity contribution in [2.45, 2.75) is 51.6 Å². The maximum Gasteiger partial charge on any atom is 0.264 e. The summed E-state index contributed by atoms with van der Waals surface area (Å²) < 4.78 is 29.4. The Morgan fingerprint density at radius 1 is 0.818 bits per heavy atom. The van der Waals surface area contributed by atoms with Gasteiger partial charge in [-0.2, -0.15) is 0 Å². The molecular formula is C35H38ClN3O4S. The normalized spacial score (nSPS) is 11.9. The molecule has 7 nitrogen and oxygen atoms in total. The second-order valence-electron chi connectivity index (χ2n) is 10.8. The van der Waals surface area contributed by atoms with Gasteiger partial charge in [-0.25, -0.2) is 8.42 Å². The first-order valence-electron chi connectivity index (χ1n) is 14.5. The van der Waals surface area contributed by atoms with E-state index in [1.54, 1.807) is 12.1 Å². The Morgan fingerprint density at radius 3 is 2.11 bits per heavy atom. The number of hydrogen-bond donors (Lipinski definition) is 1. The van der Waals surface area contributed by atoms with Crippen LogP contribution in [-0.2, 0) is 32.6 Å². The number of aryl methyl sites for hydroxylation is 3. The lowest BCUT2D eigenvalue weighted by atomic mass is 10.0. The van der Waals surface area contributed by atoms with Crippen molar-refractivity contribution in [3.05, 3.63) is 130 Å². The molecule has 4 rings (SSSR count). The number of carbonyl (C=O) groups excluding carboxylic acids is 2. The van der Waals surface area contributed by atoms with Crippen LogP contribution in [0, 0.1) is 20.8 Å². The van der Waals surface area contributed by atoms with Crippen LogP contribution in [0.2, 0.25) is 5.02 Å². The summed E-state index contributed by atoms with van der Waals surface area (Å²) in [6, 6.07) is 27.4. The summed E-state index contributed by atoms with van der Waals surface area (Å²) >= 11 is 6.06. The maximum absolute atomic E-state index is 14.5. The number of amides is 2. The number of carbonyl (C=O) groups is 2. The van der Waals surface area contributed by atoms with Gasteiger partial charge >= 0.3 is 0 Å². The van der Waals surface area contributed by atoms with Crippen LogP contribution in [0.4, 0.5) is 5.69 Å². The van der Waals surface area contributed by atoms with Gasteiger partial charge in [-0.3, -0.25) is 13.9 Å². The number of anilines is 1. The summed E-state index contributed by atoms with van der Waals surface area (Å²) in [5.74, 6) is -0.812. The molecule has 0 saturated heterocycles.